The van der Waals surface area contributed by atoms with Gasteiger partial charge in [0.15, 0.2) is 5.96 Å². The molecule has 142 valence electrons. The summed E-state index contributed by atoms with van der Waals surface area (Å²) in [6.07, 6.45) is 7.04. The fourth-order valence-electron chi connectivity index (χ4n) is 2.83. The average Bonchev–Trinajstić information content (AvgIpc) is 3.14. The minimum atomic E-state index is 0.473. The van der Waals surface area contributed by atoms with Crippen molar-refractivity contribution in [3.05, 3.63) is 18.5 Å². The van der Waals surface area contributed by atoms with Crippen LogP contribution < -0.4 is 10.6 Å². The molecule has 25 heavy (non-hydrogen) atoms. The van der Waals surface area contributed by atoms with Crippen LogP contribution in [0.2, 0.25) is 0 Å². The summed E-state index contributed by atoms with van der Waals surface area (Å²) in [5, 5.41) is 10.9. The second-order valence-electron chi connectivity index (χ2n) is 6.70. The first-order valence-corrected chi connectivity index (χ1v) is 9.35. The summed E-state index contributed by atoms with van der Waals surface area (Å²) >= 11 is 0. The molecular formula is C18H33N5O2. The van der Waals surface area contributed by atoms with Gasteiger partial charge in [-0.15, -0.1) is 0 Å². The van der Waals surface area contributed by atoms with Gasteiger partial charge in [-0.3, -0.25) is 9.67 Å². The smallest absolute Gasteiger partial charge is 0.190 e. The molecule has 0 radical (unpaired) electrons. The van der Waals surface area contributed by atoms with Crippen LogP contribution in [0.1, 0.15) is 26.2 Å². The van der Waals surface area contributed by atoms with E-state index in [-0.39, 0.29) is 0 Å². The largest absolute Gasteiger partial charge is 0.381 e. The Hall–Kier alpha value is -1.60. The highest BCUT2D eigenvalue weighted by Crippen LogP contribution is 2.14. The van der Waals surface area contributed by atoms with Gasteiger partial charge in [0.2, 0.25) is 0 Å². The Labute approximate surface area is 151 Å². The summed E-state index contributed by atoms with van der Waals surface area (Å²) < 4.78 is 13.1. The second kappa shape index (κ2) is 11.9. The lowest BCUT2D eigenvalue weighted by molar-refractivity contribution is 0.0203. The van der Waals surface area contributed by atoms with Crippen LogP contribution >= 0.6 is 0 Å². The number of hydrogen-bond donors (Lipinski definition) is 2. The molecule has 0 bridgehead atoms. The molecule has 0 amide bonds. The van der Waals surface area contributed by atoms with Crippen molar-refractivity contribution in [2.45, 2.75) is 32.7 Å². The van der Waals surface area contributed by atoms with Gasteiger partial charge in [-0.05, 0) is 37.2 Å². The van der Waals surface area contributed by atoms with Crippen molar-refractivity contribution < 1.29 is 9.47 Å². The summed E-state index contributed by atoms with van der Waals surface area (Å²) in [7, 11) is 1.80. The Morgan fingerprint density at radius 3 is 2.96 bits per heavy atom. The van der Waals surface area contributed by atoms with Crippen LogP contribution in [0.3, 0.4) is 0 Å². The van der Waals surface area contributed by atoms with Gasteiger partial charge in [0, 0.05) is 65.5 Å². The van der Waals surface area contributed by atoms with Crippen LogP contribution in [0, 0.1) is 11.8 Å². The molecule has 1 atom stereocenters. The Kier molecular flexibility index (Phi) is 9.36. The number of aromatic nitrogens is 2. The van der Waals surface area contributed by atoms with E-state index in [0.717, 1.165) is 71.3 Å². The zero-order valence-electron chi connectivity index (χ0n) is 15.6. The van der Waals surface area contributed by atoms with Gasteiger partial charge >= 0.3 is 0 Å². The molecular weight excluding hydrogens is 318 g/mol. The summed E-state index contributed by atoms with van der Waals surface area (Å²) in [6, 6.07) is 1.95. The van der Waals surface area contributed by atoms with E-state index in [0.29, 0.717) is 11.8 Å². The van der Waals surface area contributed by atoms with Crippen LogP contribution in [0.5, 0.6) is 0 Å². The number of ether oxygens (including phenoxy) is 2. The first kappa shape index (κ1) is 19.7. The van der Waals surface area contributed by atoms with Crippen molar-refractivity contribution in [2.75, 3.05) is 46.6 Å². The molecule has 0 aliphatic carbocycles. The number of rotatable bonds is 10. The zero-order chi connectivity index (χ0) is 17.7. The molecule has 1 saturated heterocycles. The standard InChI is InChI=1S/C18H33N5O2/c1-16(14-23-9-3-8-22-23)13-21-18(19-2)20-7-4-10-25-15-17-5-11-24-12-6-17/h3,8-9,16-17H,4-7,10-15H2,1-2H3,(H2,19,20,21). The molecule has 1 aliphatic rings. The van der Waals surface area contributed by atoms with E-state index in [4.69, 9.17) is 9.47 Å². The van der Waals surface area contributed by atoms with E-state index >= 15 is 0 Å². The quantitative estimate of drug-likeness (QED) is 0.380. The van der Waals surface area contributed by atoms with Gasteiger partial charge in [0.1, 0.15) is 0 Å². The van der Waals surface area contributed by atoms with Crippen LogP contribution in [0.4, 0.5) is 0 Å². The molecule has 1 unspecified atom stereocenters. The van der Waals surface area contributed by atoms with E-state index in [2.05, 4.69) is 27.6 Å². The monoisotopic (exact) mass is 351 g/mol. The maximum absolute atomic E-state index is 5.78. The van der Waals surface area contributed by atoms with Crippen molar-refractivity contribution in [3.8, 4) is 0 Å². The third-order valence-electron chi connectivity index (χ3n) is 4.35. The van der Waals surface area contributed by atoms with Gasteiger partial charge in [0.25, 0.3) is 0 Å². The van der Waals surface area contributed by atoms with E-state index < -0.39 is 0 Å². The molecule has 1 aromatic heterocycles. The first-order valence-electron chi connectivity index (χ1n) is 9.35. The predicted molar refractivity (Wildman–Crippen MR) is 99.7 cm³/mol. The molecule has 2 rings (SSSR count). The molecule has 1 fully saturated rings. The highest BCUT2D eigenvalue weighted by atomic mass is 16.5. The van der Waals surface area contributed by atoms with Crippen LogP contribution in [-0.4, -0.2) is 62.3 Å². The molecule has 1 aromatic rings. The second-order valence-corrected chi connectivity index (χ2v) is 6.70. The minimum absolute atomic E-state index is 0.473. The van der Waals surface area contributed by atoms with E-state index in [1.165, 1.54) is 0 Å². The molecule has 7 nitrogen and oxygen atoms in total. The molecule has 7 heteroatoms. The molecule has 2 heterocycles. The Balaban J connectivity index is 1.48. The molecule has 0 aromatic carbocycles. The topological polar surface area (TPSA) is 72.7 Å². The van der Waals surface area contributed by atoms with Crippen molar-refractivity contribution in [1.29, 1.82) is 0 Å². The summed E-state index contributed by atoms with van der Waals surface area (Å²) in [5.74, 6) is 1.99. The maximum Gasteiger partial charge on any atom is 0.190 e. The van der Waals surface area contributed by atoms with Gasteiger partial charge in [-0.1, -0.05) is 6.92 Å². The van der Waals surface area contributed by atoms with Crippen molar-refractivity contribution in [1.82, 2.24) is 20.4 Å². The highest BCUT2D eigenvalue weighted by Gasteiger charge is 2.13. The Morgan fingerprint density at radius 1 is 1.40 bits per heavy atom. The predicted octanol–water partition coefficient (Wildman–Crippen LogP) is 1.52. The fourth-order valence-corrected chi connectivity index (χ4v) is 2.83. The third-order valence-corrected chi connectivity index (χ3v) is 4.35. The third kappa shape index (κ3) is 8.36. The molecule has 2 N–H and O–H groups in total. The Bertz CT molecular complexity index is 472. The summed E-state index contributed by atoms with van der Waals surface area (Å²) in [5.41, 5.74) is 0. The van der Waals surface area contributed by atoms with Crippen LogP contribution in [-0.2, 0) is 16.0 Å². The number of nitrogens with zero attached hydrogens (tertiary/aromatic N) is 3. The van der Waals surface area contributed by atoms with Gasteiger partial charge < -0.3 is 20.1 Å². The fraction of sp³-hybridized carbons (Fsp3) is 0.778. The minimum Gasteiger partial charge on any atom is -0.381 e. The van der Waals surface area contributed by atoms with E-state index in [1.54, 1.807) is 7.05 Å². The zero-order valence-corrected chi connectivity index (χ0v) is 15.6. The lowest BCUT2D eigenvalue weighted by Gasteiger charge is -2.21. The number of hydrogen-bond acceptors (Lipinski definition) is 4. The summed E-state index contributed by atoms with van der Waals surface area (Å²) in [4.78, 5) is 4.27. The number of aliphatic imine (C=N–C) groups is 1. The van der Waals surface area contributed by atoms with Gasteiger partial charge in [-0.2, -0.15) is 5.10 Å². The molecule has 0 spiro atoms. The SMILES string of the molecule is CN=C(NCCCOCC1CCOCC1)NCC(C)Cn1cccn1. The normalized spacial score (nSPS) is 17.4. The lowest BCUT2D eigenvalue weighted by Crippen LogP contribution is -2.40. The van der Waals surface area contributed by atoms with E-state index in [1.807, 2.05) is 23.1 Å². The first-order chi connectivity index (χ1) is 12.3. The average molecular weight is 351 g/mol. The summed E-state index contributed by atoms with van der Waals surface area (Å²) in [6.45, 7) is 8.25. The van der Waals surface area contributed by atoms with Crippen molar-refractivity contribution >= 4 is 5.96 Å². The highest BCUT2D eigenvalue weighted by molar-refractivity contribution is 5.79. The van der Waals surface area contributed by atoms with Crippen molar-refractivity contribution in [2.24, 2.45) is 16.8 Å². The molecule has 0 saturated carbocycles. The lowest BCUT2D eigenvalue weighted by atomic mass is 10.0. The van der Waals surface area contributed by atoms with Crippen LogP contribution in [0.25, 0.3) is 0 Å². The Morgan fingerprint density at radius 2 is 2.24 bits per heavy atom. The molecule has 1 aliphatic heterocycles. The van der Waals surface area contributed by atoms with Crippen molar-refractivity contribution in [3.63, 3.8) is 0 Å². The van der Waals surface area contributed by atoms with Gasteiger partial charge in [0.05, 0.1) is 0 Å². The number of guanidine groups is 1. The number of nitrogens with one attached hydrogen (secondary N) is 2. The van der Waals surface area contributed by atoms with Gasteiger partial charge in [-0.25, -0.2) is 0 Å². The van der Waals surface area contributed by atoms with Crippen LogP contribution in [0.15, 0.2) is 23.5 Å². The maximum atomic E-state index is 5.78. The van der Waals surface area contributed by atoms with E-state index in [9.17, 15) is 0 Å².